The summed E-state index contributed by atoms with van der Waals surface area (Å²) in [5.41, 5.74) is 8.96. The normalized spacial score (nSPS) is 15.8. The molecule has 4 heteroatoms. The van der Waals surface area contributed by atoms with Crippen LogP contribution in [-0.4, -0.2) is 12.2 Å². The van der Waals surface area contributed by atoms with Gasteiger partial charge in [0.05, 0.1) is 5.41 Å². The predicted molar refractivity (Wildman–Crippen MR) is 124 cm³/mol. The van der Waals surface area contributed by atoms with Crippen molar-refractivity contribution in [2.24, 2.45) is 0 Å². The maximum Gasteiger partial charge on any atom is 0.174 e. The molecule has 0 spiro atoms. The summed E-state index contributed by atoms with van der Waals surface area (Å²) >= 11 is 5.21. The Morgan fingerprint density at radius 1 is 1.00 bits per heavy atom. The van der Waals surface area contributed by atoms with Gasteiger partial charge >= 0.3 is 0 Å². The van der Waals surface area contributed by atoms with Gasteiger partial charge in [-0.05, 0) is 74.3 Å². The molecular weight excluding hydrogens is 362 g/mol. The lowest BCUT2D eigenvalue weighted by atomic mass is 9.76. The molecule has 1 heterocycles. The molecule has 1 aliphatic rings. The number of nitrogens with one attached hydrogen (secondary N) is 2. The summed E-state index contributed by atoms with van der Waals surface area (Å²) in [5, 5.41) is 6.83. The fraction of sp³-hybridized carbons (Fsp3) is 0.292. The van der Waals surface area contributed by atoms with Crippen molar-refractivity contribution in [1.82, 2.24) is 10.6 Å². The van der Waals surface area contributed by atoms with Gasteiger partial charge in [0, 0.05) is 30.7 Å². The number of thiocarbonyl (C=S) groups is 1. The molecule has 1 fully saturated rings. The summed E-state index contributed by atoms with van der Waals surface area (Å²) in [6.45, 7) is 17.9. The number of rotatable bonds is 4. The molecule has 2 aromatic rings. The SMILES string of the molecule is C=C1NC(=S)NC(=C)C1(C)c1ccc(N(C)Cc2cc(C)cc(C)c2C)cc1. The first kappa shape index (κ1) is 20.2. The van der Waals surface area contributed by atoms with Gasteiger partial charge in [-0.15, -0.1) is 0 Å². The molecule has 0 saturated carbocycles. The number of aryl methyl sites for hydroxylation is 2. The highest BCUT2D eigenvalue weighted by Gasteiger charge is 2.37. The Balaban J connectivity index is 1.84. The van der Waals surface area contributed by atoms with E-state index in [0.29, 0.717) is 5.11 Å². The molecule has 28 heavy (non-hydrogen) atoms. The number of anilines is 1. The summed E-state index contributed by atoms with van der Waals surface area (Å²) in [7, 11) is 2.13. The van der Waals surface area contributed by atoms with Gasteiger partial charge in [0.25, 0.3) is 0 Å². The van der Waals surface area contributed by atoms with E-state index in [0.717, 1.165) is 23.5 Å². The molecule has 1 saturated heterocycles. The van der Waals surface area contributed by atoms with Crippen LogP contribution >= 0.6 is 12.2 Å². The van der Waals surface area contributed by atoms with E-state index >= 15 is 0 Å². The third-order valence-corrected chi connectivity index (χ3v) is 6.15. The highest BCUT2D eigenvalue weighted by atomic mass is 32.1. The zero-order valence-electron chi connectivity index (χ0n) is 17.4. The van der Waals surface area contributed by atoms with Crippen LogP contribution in [0.2, 0.25) is 0 Å². The van der Waals surface area contributed by atoms with Crippen molar-refractivity contribution in [2.45, 2.75) is 39.7 Å². The average Bonchev–Trinajstić information content (AvgIpc) is 2.63. The van der Waals surface area contributed by atoms with Crippen molar-refractivity contribution in [2.75, 3.05) is 11.9 Å². The van der Waals surface area contributed by atoms with Crippen molar-refractivity contribution < 1.29 is 0 Å². The number of hydrogen-bond donors (Lipinski definition) is 2. The van der Waals surface area contributed by atoms with Crippen molar-refractivity contribution in [3.8, 4) is 0 Å². The van der Waals surface area contributed by atoms with Crippen LogP contribution in [0.4, 0.5) is 5.69 Å². The van der Waals surface area contributed by atoms with E-state index in [1.165, 1.54) is 27.9 Å². The van der Waals surface area contributed by atoms with E-state index in [1.54, 1.807) is 0 Å². The Labute approximate surface area is 174 Å². The van der Waals surface area contributed by atoms with E-state index in [-0.39, 0.29) is 0 Å². The summed E-state index contributed by atoms with van der Waals surface area (Å²) < 4.78 is 0. The number of hydrogen-bond acceptors (Lipinski definition) is 2. The topological polar surface area (TPSA) is 27.3 Å². The number of benzene rings is 2. The summed E-state index contributed by atoms with van der Waals surface area (Å²) in [5.74, 6) is 0. The molecule has 3 nitrogen and oxygen atoms in total. The van der Waals surface area contributed by atoms with Crippen LogP contribution in [0.3, 0.4) is 0 Å². The molecule has 0 amide bonds. The first-order valence-electron chi connectivity index (χ1n) is 9.48. The molecule has 2 aromatic carbocycles. The van der Waals surface area contributed by atoms with Crippen LogP contribution in [0.15, 0.2) is 61.0 Å². The minimum atomic E-state index is -0.413. The van der Waals surface area contributed by atoms with Gasteiger partial charge in [-0.3, -0.25) is 0 Å². The monoisotopic (exact) mass is 391 g/mol. The van der Waals surface area contributed by atoms with Crippen LogP contribution in [0.5, 0.6) is 0 Å². The Bertz CT molecular complexity index is 937. The highest BCUT2D eigenvalue weighted by molar-refractivity contribution is 7.80. The molecule has 0 unspecified atom stereocenters. The molecule has 1 aliphatic heterocycles. The highest BCUT2D eigenvalue weighted by Crippen LogP contribution is 2.37. The standard InChI is InChI=1S/C24H29N3S/c1-15-12-16(2)17(3)20(13-15)14-27(7)22-10-8-21(9-11-22)24(6)18(4)25-23(28)26-19(24)5/h8-13H,4-5,14H2,1-3,6-7H3,(H2,25,26,28). The summed E-state index contributed by atoms with van der Waals surface area (Å²) in [6.07, 6.45) is 0. The molecule has 2 N–H and O–H groups in total. The lowest BCUT2D eigenvalue weighted by molar-refractivity contribution is 0.579. The van der Waals surface area contributed by atoms with Crippen molar-refractivity contribution in [3.05, 3.63) is 88.8 Å². The second kappa shape index (κ2) is 7.44. The Morgan fingerprint density at radius 2 is 1.57 bits per heavy atom. The largest absolute Gasteiger partial charge is 0.370 e. The lowest BCUT2D eigenvalue weighted by Gasteiger charge is -2.40. The van der Waals surface area contributed by atoms with Crippen molar-refractivity contribution in [3.63, 3.8) is 0 Å². The second-order valence-corrected chi connectivity index (χ2v) is 8.34. The van der Waals surface area contributed by atoms with Crippen molar-refractivity contribution >= 4 is 23.0 Å². The van der Waals surface area contributed by atoms with Crippen LogP contribution in [-0.2, 0) is 12.0 Å². The third-order valence-electron chi connectivity index (χ3n) is 5.95. The smallest absolute Gasteiger partial charge is 0.174 e. The number of nitrogens with zero attached hydrogens (tertiary/aromatic N) is 1. The van der Waals surface area contributed by atoms with Crippen LogP contribution in [0.1, 0.15) is 34.7 Å². The third kappa shape index (κ3) is 3.57. The van der Waals surface area contributed by atoms with Crippen LogP contribution in [0.25, 0.3) is 0 Å². The Morgan fingerprint density at radius 3 is 2.14 bits per heavy atom. The van der Waals surface area contributed by atoms with E-state index in [9.17, 15) is 0 Å². The molecule has 0 atom stereocenters. The van der Waals surface area contributed by atoms with Crippen LogP contribution < -0.4 is 15.5 Å². The molecule has 3 rings (SSSR count). The van der Waals surface area contributed by atoms with E-state index < -0.39 is 5.41 Å². The second-order valence-electron chi connectivity index (χ2n) is 7.93. The van der Waals surface area contributed by atoms with E-state index in [2.05, 4.69) is 99.8 Å². The fourth-order valence-corrected chi connectivity index (χ4v) is 4.02. The first-order chi connectivity index (χ1) is 13.1. The van der Waals surface area contributed by atoms with Gasteiger partial charge in [0.1, 0.15) is 0 Å². The summed E-state index contributed by atoms with van der Waals surface area (Å²) in [4.78, 5) is 2.28. The van der Waals surface area contributed by atoms with Crippen LogP contribution in [0, 0.1) is 20.8 Å². The Kier molecular flexibility index (Phi) is 5.35. The minimum absolute atomic E-state index is 0.413. The minimum Gasteiger partial charge on any atom is -0.370 e. The molecule has 146 valence electrons. The molecule has 0 aliphatic carbocycles. The fourth-order valence-electron chi connectivity index (χ4n) is 3.77. The molecule has 0 aromatic heterocycles. The van der Waals surface area contributed by atoms with Gasteiger partial charge in [-0.2, -0.15) is 0 Å². The van der Waals surface area contributed by atoms with Gasteiger partial charge in [-0.1, -0.05) is 43.0 Å². The lowest BCUT2D eigenvalue weighted by Crippen LogP contribution is -2.51. The summed E-state index contributed by atoms with van der Waals surface area (Å²) in [6, 6.07) is 13.1. The van der Waals surface area contributed by atoms with Gasteiger partial charge in [0.2, 0.25) is 0 Å². The Hall–Kier alpha value is -2.59. The maximum absolute atomic E-state index is 5.21. The van der Waals surface area contributed by atoms with Gasteiger partial charge < -0.3 is 15.5 Å². The quantitative estimate of drug-likeness (QED) is 0.717. The molecule has 0 radical (unpaired) electrons. The maximum atomic E-state index is 5.21. The van der Waals surface area contributed by atoms with E-state index in [1.807, 2.05) is 0 Å². The molecule has 0 bridgehead atoms. The zero-order chi connectivity index (χ0) is 20.6. The van der Waals surface area contributed by atoms with Crippen molar-refractivity contribution in [1.29, 1.82) is 0 Å². The molecular formula is C24H29N3S. The first-order valence-corrected chi connectivity index (χ1v) is 9.89. The zero-order valence-corrected chi connectivity index (χ0v) is 18.3. The van der Waals surface area contributed by atoms with Gasteiger partial charge in [-0.25, -0.2) is 0 Å². The average molecular weight is 392 g/mol. The predicted octanol–water partition coefficient (Wildman–Crippen LogP) is 5.01. The van der Waals surface area contributed by atoms with Gasteiger partial charge in [0.15, 0.2) is 5.11 Å². The van der Waals surface area contributed by atoms with E-state index in [4.69, 9.17) is 12.2 Å².